The number of hydrogen-bond donors (Lipinski definition) is 0. The summed E-state index contributed by atoms with van der Waals surface area (Å²) in [6.45, 7) is 4.19. The van der Waals surface area contributed by atoms with Crippen LogP contribution in [0.1, 0.15) is 13.8 Å². The topological polar surface area (TPSA) is 63.7 Å². The summed E-state index contributed by atoms with van der Waals surface area (Å²) in [5, 5.41) is -0.349. The average molecular weight is 328 g/mol. The highest BCUT2D eigenvalue weighted by Gasteiger charge is 2.33. The van der Waals surface area contributed by atoms with Gasteiger partial charge in [-0.05, 0) is 13.8 Å². The number of carbonyl (C=O) groups excluding carboxylic acids is 1. The Hall–Kier alpha value is -0.140. The normalized spacial score (nSPS) is 27.9. The Morgan fingerprint density at radius 3 is 2.59 bits per heavy atom. The van der Waals surface area contributed by atoms with Crippen molar-refractivity contribution in [3.63, 3.8) is 0 Å². The summed E-state index contributed by atoms with van der Waals surface area (Å²) in [6, 6.07) is 0. The third kappa shape index (κ3) is 3.93. The number of hydrogen-bond acceptors (Lipinski definition) is 4. The van der Waals surface area contributed by atoms with Crippen LogP contribution in [0.2, 0.25) is 0 Å². The van der Waals surface area contributed by atoms with Crippen LogP contribution in [0, 0.1) is 0 Å². The molecule has 0 aromatic rings. The Morgan fingerprint density at radius 2 is 2.12 bits per heavy atom. The van der Waals surface area contributed by atoms with E-state index >= 15 is 0 Å². The number of carbonyl (C=O) groups is 1. The number of sulfone groups is 1. The lowest BCUT2D eigenvalue weighted by atomic mass is 10.2. The Bertz CT molecular complexity index is 384. The lowest BCUT2D eigenvalue weighted by Gasteiger charge is -2.37. The molecule has 3 unspecified atom stereocenters. The maximum atomic E-state index is 12.0. The lowest BCUT2D eigenvalue weighted by molar-refractivity contribution is -0.142. The molecule has 3 atom stereocenters. The first-order valence-electron chi connectivity index (χ1n) is 5.44. The summed E-state index contributed by atoms with van der Waals surface area (Å²) >= 11 is 3.31. The van der Waals surface area contributed by atoms with Crippen LogP contribution >= 0.6 is 15.9 Å². The van der Waals surface area contributed by atoms with Crippen LogP contribution in [0.15, 0.2) is 0 Å². The maximum absolute atomic E-state index is 12.0. The van der Waals surface area contributed by atoms with Crippen molar-refractivity contribution >= 4 is 31.7 Å². The van der Waals surface area contributed by atoms with Gasteiger partial charge in [0, 0.05) is 24.7 Å². The highest BCUT2D eigenvalue weighted by Crippen LogP contribution is 2.15. The highest BCUT2D eigenvalue weighted by molar-refractivity contribution is 9.09. The lowest BCUT2D eigenvalue weighted by Crippen LogP contribution is -2.53. The number of ether oxygens (including phenoxy) is 1. The van der Waals surface area contributed by atoms with E-state index in [0.717, 1.165) is 6.26 Å². The predicted octanol–water partition coefficient (Wildman–Crippen LogP) is 0.430. The minimum absolute atomic E-state index is 0.0676. The maximum Gasteiger partial charge on any atom is 0.240 e. The van der Waals surface area contributed by atoms with Crippen molar-refractivity contribution in [3.8, 4) is 0 Å². The van der Waals surface area contributed by atoms with Gasteiger partial charge in [0.05, 0.1) is 12.2 Å². The SMILES string of the molecule is CC1CN(C(=O)C(C)S(C)(=O)=O)CC(CBr)O1. The molecular formula is C10H18BrNO4S. The predicted molar refractivity (Wildman–Crippen MR) is 69.0 cm³/mol. The van der Waals surface area contributed by atoms with E-state index in [-0.39, 0.29) is 18.1 Å². The quantitative estimate of drug-likeness (QED) is 0.705. The second-order valence-electron chi connectivity index (χ2n) is 4.44. The van der Waals surface area contributed by atoms with Gasteiger partial charge in [0.15, 0.2) is 9.84 Å². The highest BCUT2D eigenvalue weighted by atomic mass is 79.9. The van der Waals surface area contributed by atoms with Gasteiger partial charge in [-0.25, -0.2) is 8.42 Å². The van der Waals surface area contributed by atoms with Crippen LogP contribution in [-0.4, -0.2) is 61.4 Å². The Labute approximate surface area is 111 Å². The van der Waals surface area contributed by atoms with Gasteiger partial charge in [0.1, 0.15) is 5.25 Å². The first-order valence-corrected chi connectivity index (χ1v) is 8.52. The summed E-state index contributed by atoms with van der Waals surface area (Å²) in [6.07, 6.45) is 0.943. The summed E-state index contributed by atoms with van der Waals surface area (Å²) in [5.41, 5.74) is 0. The number of rotatable bonds is 3. The van der Waals surface area contributed by atoms with Gasteiger partial charge in [-0.1, -0.05) is 15.9 Å². The van der Waals surface area contributed by atoms with Gasteiger partial charge >= 0.3 is 0 Å². The molecule has 1 heterocycles. The van der Waals surface area contributed by atoms with Gasteiger partial charge in [0.2, 0.25) is 5.91 Å². The molecule has 0 aromatic heterocycles. The van der Waals surface area contributed by atoms with Gasteiger partial charge in [-0.3, -0.25) is 4.79 Å². The molecule has 1 fully saturated rings. The molecule has 1 rings (SSSR count). The van der Waals surface area contributed by atoms with Crippen molar-refractivity contribution in [1.82, 2.24) is 4.90 Å². The van der Waals surface area contributed by atoms with Crippen molar-refractivity contribution in [3.05, 3.63) is 0 Å². The first kappa shape index (κ1) is 14.9. The summed E-state index contributed by atoms with van der Waals surface area (Å²) in [5.74, 6) is -0.339. The summed E-state index contributed by atoms with van der Waals surface area (Å²) in [7, 11) is -3.34. The molecule has 0 bridgehead atoms. The molecule has 1 amide bonds. The van der Waals surface area contributed by atoms with E-state index in [1.54, 1.807) is 4.90 Å². The number of alkyl halides is 1. The van der Waals surface area contributed by atoms with E-state index in [1.807, 2.05) is 6.92 Å². The molecule has 17 heavy (non-hydrogen) atoms. The van der Waals surface area contributed by atoms with Crippen molar-refractivity contribution < 1.29 is 17.9 Å². The average Bonchev–Trinajstić information content (AvgIpc) is 2.24. The molecule has 100 valence electrons. The molecular weight excluding hydrogens is 310 g/mol. The molecule has 0 aliphatic carbocycles. The zero-order valence-electron chi connectivity index (χ0n) is 10.2. The van der Waals surface area contributed by atoms with E-state index in [1.165, 1.54) is 6.92 Å². The van der Waals surface area contributed by atoms with E-state index in [0.29, 0.717) is 18.4 Å². The standard InChI is InChI=1S/C10H18BrNO4S/c1-7-5-12(6-9(4-11)16-7)10(13)8(2)17(3,14)15/h7-9H,4-6H2,1-3H3. The van der Waals surface area contributed by atoms with Crippen LogP contribution in [0.5, 0.6) is 0 Å². The van der Waals surface area contributed by atoms with Crippen LogP contribution in [-0.2, 0) is 19.4 Å². The molecule has 0 saturated carbocycles. The molecule has 1 aliphatic heterocycles. The smallest absolute Gasteiger partial charge is 0.240 e. The van der Waals surface area contributed by atoms with E-state index in [2.05, 4.69) is 15.9 Å². The largest absolute Gasteiger partial charge is 0.371 e. The van der Waals surface area contributed by atoms with Crippen molar-refractivity contribution in [2.75, 3.05) is 24.7 Å². The first-order chi connectivity index (χ1) is 7.75. The molecule has 7 heteroatoms. The molecule has 1 saturated heterocycles. The van der Waals surface area contributed by atoms with Gasteiger partial charge < -0.3 is 9.64 Å². The van der Waals surface area contributed by atoms with Crippen molar-refractivity contribution in [2.24, 2.45) is 0 Å². The Kier molecular flexibility index (Phi) is 4.97. The summed E-state index contributed by atoms with van der Waals surface area (Å²) < 4.78 is 28.3. The minimum atomic E-state index is -3.34. The number of amides is 1. The molecule has 1 aliphatic rings. The molecule has 0 spiro atoms. The zero-order chi connectivity index (χ0) is 13.2. The van der Waals surface area contributed by atoms with Gasteiger partial charge in [-0.2, -0.15) is 0 Å². The third-order valence-electron chi connectivity index (χ3n) is 2.80. The number of morpholine rings is 1. The third-order valence-corrected chi connectivity index (χ3v) is 5.01. The fourth-order valence-corrected chi connectivity index (χ4v) is 2.62. The summed E-state index contributed by atoms with van der Waals surface area (Å²) in [4.78, 5) is 13.6. The van der Waals surface area contributed by atoms with Crippen LogP contribution < -0.4 is 0 Å². The van der Waals surface area contributed by atoms with Crippen LogP contribution in [0.3, 0.4) is 0 Å². The molecule has 5 nitrogen and oxygen atoms in total. The fraction of sp³-hybridized carbons (Fsp3) is 0.900. The molecule has 0 radical (unpaired) electrons. The van der Waals surface area contributed by atoms with E-state index in [9.17, 15) is 13.2 Å². The second kappa shape index (κ2) is 5.67. The number of halogens is 1. The fourth-order valence-electron chi connectivity index (χ4n) is 1.75. The van der Waals surface area contributed by atoms with Crippen LogP contribution in [0.4, 0.5) is 0 Å². The van der Waals surface area contributed by atoms with Crippen LogP contribution in [0.25, 0.3) is 0 Å². The molecule has 0 N–H and O–H groups in total. The Balaban J connectivity index is 2.75. The Morgan fingerprint density at radius 1 is 1.53 bits per heavy atom. The number of nitrogens with zero attached hydrogens (tertiary/aromatic N) is 1. The van der Waals surface area contributed by atoms with Gasteiger partial charge in [0.25, 0.3) is 0 Å². The van der Waals surface area contributed by atoms with Gasteiger partial charge in [-0.15, -0.1) is 0 Å². The van der Waals surface area contributed by atoms with Crippen molar-refractivity contribution in [2.45, 2.75) is 31.3 Å². The monoisotopic (exact) mass is 327 g/mol. The van der Waals surface area contributed by atoms with E-state index in [4.69, 9.17) is 4.74 Å². The van der Waals surface area contributed by atoms with E-state index < -0.39 is 15.1 Å². The minimum Gasteiger partial charge on any atom is -0.371 e. The second-order valence-corrected chi connectivity index (χ2v) is 7.45. The molecule has 0 aromatic carbocycles. The zero-order valence-corrected chi connectivity index (χ0v) is 12.6. The van der Waals surface area contributed by atoms with Crippen molar-refractivity contribution in [1.29, 1.82) is 0 Å².